The van der Waals surface area contributed by atoms with E-state index in [9.17, 15) is 9.59 Å². The Morgan fingerprint density at radius 1 is 1.00 bits per heavy atom. The Labute approximate surface area is 172 Å². The lowest BCUT2D eigenvalue weighted by molar-refractivity contribution is -0.116. The van der Waals surface area contributed by atoms with Crippen LogP contribution in [0.5, 0.6) is 0 Å². The van der Waals surface area contributed by atoms with Gasteiger partial charge in [-0.1, -0.05) is 13.3 Å². The second kappa shape index (κ2) is 10.6. The lowest BCUT2D eigenvalue weighted by Gasteiger charge is -2.12. The van der Waals surface area contributed by atoms with Gasteiger partial charge in [-0.3, -0.25) is 9.59 Å². The van der Waals surface area contributed by atoms with Crippen molar-refractivity contribution in [1.82, 2.24) is 0 Å². The van der Waals surface area contributed by atoms with Crippen molar-refractivity contribution in [3.63, 3.8) is 0 Å². The highest BCUT2D eigenvalue weighted by atomic mass is 127. The second-order valence-electron chi connectivity index (χ2n) is 5.93. The average molecular weight is 482 g/mol. The van der Waals surface area contributed by atoms with Crippen LogP contribution in [0.2, 0.25) is 0 Å². The van der Waals surface area contributed by atoms with Crippen LogP contribution in [0.25, 0.3) is 0 Å². The van der Waals surface area contributed by atoms with Crippen molar-refractivity contribution in [2.24, 2.45) is 0 Å². The highest BCUT2D eigenvalue weighted by molar-refractivity contribution is 14.1. The number of anilines is 2. The fourth-order valence-electron chi connectivity index (χ4n) is 2.21. The summed E-state index contributed by atoms with van der Waals surface area (Å²) in [5.41, 5.74) is 1.58. The summed E-state index contributed by atoms with van der Waals surface area (Å²) in [6.45, 7) is 3.95. The third kappa shape index (κ3) is 6.99. The highest BCUT2D eigenvalue weighted by Crippen LogP contribution is 2.26. The molecule has 0 saturated carbocycles. The molecule has 6 heteroatoms. The minimum Gasteiger partial charge on any atom is -0.326 e. The van der Waals surface area contributed by atoms with Gasteiger partial charge in [-0.15, -0.1) is 11.8 Å². The van der Waals surface area contributed by atoms with Crippen LogP contribution < -0.4 is 10.6 Å². The minimum atomic E-state index is -0.223. The molecule has 1 atom stereocenters. The van der Waals surface area contributed by atoms with Crippen LogP contribution in [-0.4, -0.2) is 17.1 Å². The van der Waals surface area contributed by atoms with Gasteiger partial charge >= 0.3 is 0 Å². The van der Waals surface area contributed by atoms with Gasteiger partial charge in [-0.05, 0) is 84.5 Å². The predicted octanol–water partition coefficient (Wildman–Crippen LogP) is 5.54. The predicted molar refractivity (Wildman–Crippen MR) is 118 cm³/mol. The number of thioether (sulfide) groups is 1. The SMILES string of the molecule is CCCCC(=O)Nc1ccc(SC(C)C(=O)Nc2ccc(I)cc2)cc1. The first-order valence-corrected chi connectivity index (χ1v) is 10.6. The van der Waals surface area contributed by atoms with Gasteiger partial charge in [0.2, 0.25) is 11.8 Å². The molecule has 0 aliphatic heterocycles. The molecule has 2 amide bonds. The van der Waals surface area contributed by atoms with E-state index in [1.807, 2.05) is 55.5 Å². The third-order valence-electron chi connectivity index (χ3n) is 3.69. The number of rotatable bonds is 8. The number of carbonyl (C=O) groups is 2. The Hall–Kier alpha value is -1.54. The largest absolute Gasteiger partial charge is 0.326 e. The maximum absolute atomic E-state index is 12.3. The number of halogens is 1. The van der Waals surface area contributed by atoms with Crippen LogP contribution >= 0.6 is 34.4 Å². The number of hydrogen-bond donors (Lipinski definition) is 2. The van der Waals surface area contributed by atoms with E-state index in [-0.39, 0.29) is 17.1 Å². The maximum Gasteiger partial charge on any atom is 0.237 e. The quantitative estimate of drug-likeness (QED) is 0.384. The van der Waals surface area contributed by atoms with Gasteiger partial charge in [0.05, 0.1) is 5.25 Å². The van der Waals surface area contributed by atoms with Crippen LogP contribution in [0.4, 0.5) is 11.4 Å². The Morgan fingerprint density at radius 3 is 2.19 bits per heavy atom. The van der Waals surface area contributed by atoms with Crippen LogP contribution in [0.1, 0.15) is 33.1 Å². The van der Waals surface area contributed by atoms with E-state index in [0.717, 1.165) is 32.7 Å². The number of nitrogens with one attached hydrogen (secondary N) is 2. The fraction of sp³-hybridized carbons (Fsp3) is 0.300. The number of benzene rings is 2. The van der Waals surface area contributed by atoms with E-state index in [1.165, 1.54) is 11.8 Å². The van der Waals surface area contributed by atoms with E-state index in [2.05, 4.69) is 40.1 Å². The summed E-state index contributed by atoms with van der Waals surface area (Å²) < 4.78 is 1.13. The molecule has 0 fully saturated rings. The summed E-state index contributed by atoms with van der Waals surface area (Å²) in [6.07, 6.45) is 2.45. The summed E-state index contributed by atoms with van der Waals surface area (Å²) in [4.78, 5) is 25.1. The summed E-state index contributed by atoms with van der Waals surface area (Å²) in [7, 11) is 0. The molecule has 2 rings (SSSR count). The molecule has 0 aliphatic rings. The third-order valence-corrected chi connectivity index (χ3v) is 5.52. The van der Waals surface area contributed by atoms with Crippen LogP contribution in [0.15, 0.2) is 53.4 Å². The molecule has 2 N–H and O–H groups in total. The standard InChI is InChI=1S/C20H23IN2O2S/c1-3-4-5-19(24)22-16-10-12-18(13-11-16)26-14(2)20(25)23-17-8-6-15(21)7-9-17/h6-14H,3-5H2,1-2H3,(H,22,24)(H,23,25). The van der Waals surface area contributed by atoms with Crippen molar-refractivity contribution in [2.75, 3.05) is 10.6 Å². The molecule has 1 unspecified atom stereocenters. The lowest BCUT2D eigenvalue weighted by atomic mass is 10.2. The van der Waals surface area contributed by atoms with Crippen LogP contribution in [0.3, 0.4) is 0 Å². The smallest absolute Gasteiger partial charge is 0.237 e. The Kier molecular flexibility index (Phi) is 8.44. The van der Waals surface area contributed by atoms with Gasteiger partial charge in [0.15, 0.2) is 0 Å². The number of unbranched alkanes of at least 4 members (excludes halogenated alkanes) is 1. The average Bonchev–Trinajstić information content (AvgIpc) is 2.63. The van der Waals surface area contributed by atoms with Crippen molar-refractivity contribution in [3.8, 4) is 0 Å². The van der Waals surface area contributed by atoms with E-state index in [4.69, 9.17) is 0 Å². The summed E-state index contributed by atoms with van der Waals surface area (Å²) >= 11 is 3.72. The molecule has 0 aromatic heterocycles. The lowest BCUT2D eigenvalue weighted by Crippen LogP contribution is -2.22. The topological polar surface area (TPSA) is 58.2 Å². The van der Waals surface area contributed by atoms with Gasteiger partial charge in [-0.25, -0.2) is 0 Å². The molecular formula is C20H23IN2O2S. The summed E-state index contributed by atoms with van der Waals surface area (Å²) in [6, 6.07) is 15.3. The molecule has 0 aliphatic carbocycles. The molecule has 4 nitrogen and oxygen atoms in total. The van der Waals surface area contributed by atoms with E-state index in [0.29, 0.717) is 6.42 Å². The van der Waals surface area contributed by atoms with Crippen molar-refractivity contribution < 1.29 is 9.59 Å². The van der Waals surface area contributed by atoms with Gasteiger partial charge < -0.3 is 10.6 Å². The summed E-state index contributed by atoms with van der Waals surface area (Å²) in [5, 5.41) is 5.59. The molecule has 0 radical (unpaired) electrons. The summed E-state index contributed by atoms with van der Waals surface area (Å²) in [5.74, 6) is 0.00525. The van der Waals surface area contributed by atoms with Gasteiger partial charge in [0.1, 0.15) is 0 Å². The van der Waals surface area contributed by atoms with E-state index >= 15 is 0 Å². The first kappa shape index (κ1) is 20.8. The Balaban J connectivity index is 1.86. The van der Waals surface area contributed by atoms with Gasteiger partial charge in [0.25, 0.3) is 0 Å². The fourth-order valence-corrected chi connectivity index (χ4v) is 3.44. The Bertz CT molecular complexity index is 732. The highest BCUT2D eigenvalue weighted by Gasteiger charge is 2.14. The van der Waals surface area contributed by atoms with Crippen molar-refractivity contribution in [3.05, 3.63) is 52.1 Å². The molecule has 0 heterocycles. The van der Waals surface area contributed by atoms with Crippen LogP contribution in [-0.2, 0) is 9.59 Å². The molecule has 0 bridgehead atoms. The molecule has 138 valence electrons. The van der Waals surface area contributed by atoms with Gasteiger partial charge in [-0.2, -0.15) is 0 Å². The molecule has 0 spiro atoms. The first-order chi connectivity index (χ1) is 12.5. The minimum absolute atomic E-state index is 0.0341. The van der Waals surface area contributed by atoms with Crippen molar-refractivity contribution >= 4 is 57.5 Å². The monoisotopic (exact) mass is 482 g/mol. The molecule has 26 heavy (non-hydrogen) atoms. The first-order valence-electron chi connectivity index (χ1n) is 8.61. The molecule has 0 saturated heterocycles. The normalized spacial score (nSPS) is 11.7. The maximum atomic E-state index is 12.3. The van der Waals surface area contributed by atoms with Crippen molar-refractivity contribution in [1.29, 1.82) is 0 Å². The molecule has 2 aromatic carbocycles. The zero-order valence-corrected chi connectivity index (χ0v) is 17.9. The number of hydrogen-bond acceptors (Lipinski definition) is 3. The van der Waals surface area contributed by atoms with Crippen molar-refractivity contribution in [2.45, 2.75) is 43.3 Å². The zero-order valence-electron chi connectivity index (χ0n) is 14.9. The molecule has 2 aromatic rings. The van der Waals surface area contributed by atoms with Crippen LogP contribution in [0, 0.1) is 3.57 Å². The molecular weight excluding hydrogens is 459 g/mol. The zero-order chi connectivity index (χ0) is 18.9. The second-order valence-corrected chi connectivity index (χ2v) is 8.59. The Morgan fingerprint density at radius 2 is 1.58 bits per heavy atom. The number of amides is 2. The number of carbonyl (C=O) groups excluding carboxylic acids is 2. The van der Waals surface area contributed by atoms with Gasteiger partial charge in [0, 0.05) is 26.3 Å². The van der Waals surface area contributed by atoms with E-state index in [1.54, 1.807) is 0 Å². The van der Waals surface area contributed by atoms with E-state index < -0.39 is 0 Å².